The molecule has 5 heteroatoms. The maximum Gasteiger partial charge on any atom is 0.133 e. The molecule has 1 unspecified atom stereocenters. The molecular formula is C21H20Cl2N2O. The Kier molecular flexibility index (Phi) is 7.79. The third-order valence-corrected chi connectivity index (χ3v) is 4.39. The number of hydrogen-bond acceptors (Lipinski definition) is 3. The fourth-order valence-electron chi connectivity index (χ4n) is 2.41. The summed E-state index contributed by atoms with van der Waals surface area (Å²) in [4.78, 5) is 8.33. The summed E-state index contributed by atoms with van der Waals surface area (Å²) in [5.74, 6) is 0. The van der Waals surface area contributed by atoms with E-state index in [-0.39, 0.29) is 0 Å². The first kappa shape index (κ1) is 20.1. The van der Waals surface area contributed by atoms with Gasteiger partial charge in [0.25, 0.3) is 0 Å². The van der Waals surface area contributed by atoms with Crippen molar-refractivity contribution in [3.63, 3.8) is 0 Å². The van der Waals surface area contributed by atoms with Crippen molar-refractivity contribution in [2.45, 2.75) is 13.0 Å². The molecule has 0 fully saturated rings. The van der Waals surface area contributed by atoms with Gasteiger partial charge in [-0.3, -0.25) is 9.98 Å². The van der Waals surface area contributed by atoms with Gasteiger partial charge in [0.2, 0.25) is 0 Å². The standard InChI is InChI=1S/C21H20Cl2N2O/c1-3-8-16(18(26)11-12-24-4-2)13-17-14-25-21(23)19(20(17)22)15-9-6-5-7-10-15/h3-13,18,26H,1,14H2,2H3/b12-11+,16-8+,17-13+,24-4+. The number of aliphatic hydroxyl groups is 1. The van der Waals surface area contributed by atoms with Crippen LogP contribution in [0.5, 0.6) is 0 Å². The van der Waals surface area contributed by atoms with Gasteiger partial charge in [-0.2, -0.15) is 0 Å². The van der Waals surface area contributed by atoms with Crippen molar-refractivity contribution >= 4 is 40.2 Å². The molecule has 134 valence electrons. The predicted molar refractivity (Wildman–Crippen MR) is 113 cm³/mol. The Bertz CT molecular complexity index is 831. The number of nitrogens with zero attached hydrogens (tertiary/aromatic N) is 2. The summed E-state index contributed by atoms with van der Waals surface area (Å²) in [7, 11) is 0. The van der Waals surface area contributed by atoms with E-state index in [1.807, 2.05) is 36.4 Å². The van der Waals surface area contributed by atoms with Crippen molar-refractivity contribution in [2.75, 3.05) is 6.54 Å². The van der Waals surface area contributed by atoms with Crippen molar-refractivity contribution < 1.29 is 5.11 Å². The number of rotatable bonds is 6. The van der Waals surface area contributed by atoms with E-state index in [0.717, 1.165) is 11.1 Å². The van der Waals surface area contributed by atoms with Crippen LogP contribution in [0.25, 0.3) is 5.57 Å². The number of hydrogen-bond donors (Lipinski definition) is 1. The third-order valence-electron chi connectivity index (χ3n) is 3.65. The van der Waals surface area contributed by atoms with E-state index in [1.165, 1.54) is 0 Å². The first-order valence-electron chi connectivity index (χ1n) is 8.10. The number of aliphatic hydroxyl groups excluding tert-OH is 1. The van der Waals surface area contributed by atoms with Crippen LogP contribution in [0.3, 0.4) is 0 Å². The topological polar surface area (TPSA) is 45.0 Å². The van der Waals surface area contributed by atoms with Gasteiger partial charge in [0.1, 0.15) is 5.17 Å². The molecule has 1 aliphatic rings. The molecular weight excluding hydrogens is 367 g/mol. The zero-order valence-electron chi connectivity index (χ0n) is 14.4. The highest BCUT2D eigenvalue weighted by Crippen LogP contribution is 2.34. The minimum Gasteiger partial charge on any atom is -0.384 e. The average Bonchev–Trinajstić information content (AvgIpc) is 2.64. The summed E-state index contributed by atoms with van der Waals surface area (Å²) in [6.07, 6.45) is 9.08. The van der Waals surface area contributed by atoms with Crippen molar-refractivity contribution in [3.05, 3.63) is 89.2 Å². The lowest BCUT2D eigenvalue weighted by Crippen LogP contribution is -2.10. The Balaban J connectivity index is 2.43. The Labute approximate surface area is 164 Å². The molecule has 1 N–H and O–H groups in total. The van der Waals surface area contributed by atoms with Crippen molar-refractivity contribution in [1.82, 2.24) is 0 Å². The number of benzene rings is 1. The maximum absolute atomic E-state index is 10.4. The van der Waals surface area contributed by atoms with E-state index in [4.69, 9.17) is 23.2 Å². The lowest BCUT2D eigenvalue weighted by molar-refractivity contribution is 0.262. The van der Waals surface area contributed by atoms with Crippen LogP contribution in [-0.4, -0.2) is 29.1 Å². The summed E-state index contributed by atoms with van der Waals surface area (Å²) >= 11 is 12.9. The second-order valence-corrected chi connectivity index (χ2v) is 6.16. The Morgan fingerprint density at radius 1 is 1.31 bits per heavy atom. The van der Waals surface area contributed by atoms with Gasteiger partial charge in [-0.25, -0.2) is 0 Å². The average molecular weight is 387 g/mol. The summed E-state index contributed by atoms with van der Waals surface area (Å²) in [5, 5.41) is 11.3. The largest absolute Gasteiger partial charge is 0.384 e. The first-order chi connectivity index (χ1) is 12.6. The molecule has 1 aromatic rings. The van der Waals surface area contributed by atoms with Crippen molar-refractivity contribution in [1.29, 1.82) is 0 Å². The van der Waals surface area contributed by atoms with E-state index in [2.05, 4.69) is 16.6 Å². The minimum atomic E-state index is -0.838. The second kappa shape index (κ2) is 10.1. The summed E-state index contributed by atoms with van der Waals surface area (Å²) in [6.45, 7) is 5.85. The summed E-state index contributed by atoms with van der Waals surface area (Å²) in [5.41, 5.74) is 2.99. The molecule has 0 aromatic heterocycles. The molecule has 26 heavy (non-hydrogen) atoms. The molecule has 2 rings (SSSR count). The van der Waals surface area contributed by atoms with Gasteiger partial charge in [0, 0.05) is 18.0 Å². The monoisotopic (exact) mass is 386 g/mol. The molecule has 0 bridgehead atoms. The number of allylic oxidation sites excluding steroid dienone is 3. The fourth-order valence-corrected chi connectivity index (χ4v) is 3.04. The molecule has 0 radical (unpaired) electrons. The van der Waals surface area contributed by atoms with Crippen LogP contribution in [0.15, 0.2) is 93.6 Å². The predicted octanol–water partition coefficient (Wildman–Crippen LogP) is 5.29. The van der Waals surface area contributed by atoms with E-state index in [0.29, 0.717) is 27.9 Å². The Morgan fingerprint density at radius 3 is 2.69 bits per heavy atom. The zero-order valence-corrected chi connectivity index (χ0v) is 16.0. The number of dihydropyridines is 1. The van der Waals surface area contributed by atoms with E-state index in [9.17, 15) is 5.11 Å². The molecule has 0 amide bonds. The molecule has 1 atom stereocenters. The van der Waals surface area contributed by atoms with Crippen LogP contribution in [0.4, 0.5) is 0 Å². The summed E-state index contributed by atoms with van der Waals surface area (Å²) < 4.78 is 0. The van der Waals surface area contributed by atoms with Crippen LogP contribution >= 0.6 is 23.2 Å². The molecule has 0 aliphatic carbocycles. The number of aliphatic imine (C=N–C) groups is 2. The van der Waals surface area contributed by atoms with Crippen LogP contribution < -0.4 is 0 Å². The number of halogens is 2. The second-order valence-electron chi connectivity index (χ2n) is 5.43. The highest BCUT2D eigenvalue weighted by Gasteiger charge is 2.21. The highest BCUT2D eigenvalue weighted by atomic mass is 35.5. The van der Waals surface area contributed by atoms with Gasteiger partial charge in [-0.1, -0.05) is 72.3 Å². The van der Waals surface area contributed by atoms with E-state index in [1.54, 1.807) is 37.6 Å². The molecule has 0 spiro atoms. The molecule has 1 aliphatic heterocycles. The fraction of sp³-hybridized carbons (Fsp3) is 0.143. The maximum atomic E-state index is 10.4. The first-order valence-corrected chi connectivity index (χ1v) is 8.85. The van der Waals surface area contributed by atoms with Gasteiger partial charge in [-0.15, -0.1) is 0 Å². The van der Waals surface area contributed by atoms with E-state index < -0.39 is 6.10 Å². The van der Waals surface area contributed by atoms with Gasteiger partial charge >= 0.3 is 0 Å². The normalized spacial score (nSPS) is 18.7. The third kappa shape index (κ3) is 5.15. The molecule has 0 saturated heterocycles. The van der Waals surface area contributed by atoms with Crippen LogP contribution in [-0.2, 0) is 0 Å². The molecule has 0 saturated carbocycles. The molecule has 1 aromatic carbocycles. The Morgan fingerprint density at radius 2 is 2.04 bits per heavy atom. The molecule has 3 nitrogen and oxygen atoms in total. The van der Waals surface area contributed by atoms with Crippen LogP contribution in [0.2, 0.25) is 0 Å². The lowest BCUT2D eigenvalue weighted by Gasteiger charge is -2.18. The zero-order chi connectivity index (χ0) is 18.9. The lowest BCUT2D eigenvalue weighted by atomic mass is 9.98. The Hall–Kier alpha value is -2.20. The summed E-state index contributed by atoms with van der Waals surface area (Å²) in [6, 6.07) is 9.62. The quantitative estimate of drug-likeness (QED) is 0.523. The minimum absolute atomic E-state index is 0.339. The van der Waals surface area contributed by atoms with Crippen molar-refractivity contribution in [3.8, 4) is 0 Å². The van der Waals surface area contributed by atoms with Gasteiger partial charge in [0.05, 0.1) is 17.7 Å². The SMILES string of the molecule is C=C/C=C(\C=C1/CN=C(Cl)C(c2ccccc2)=C1Cl)C(O)/C=C/N=C/C. The van der Waals surface area contributed by atoms with Gasteiger partial charge < -0.3 is 5.11 Å². The van der Waals surface area contributed by atoms with Crippen molar-refractivity contribution in [2.24, 2.45) is 9.98 Å². The molecule has 1 heterocycles. The van der Waals surface area contributed by atoms with Crippen LogP contribution in [0, 0.1) is 0 Å². The van der Waals surface area contributed by atoms with Crippen LogP contribution in [0.1, 0.15) is 12.5 Å². The van der Waals surface area contributed by atoms with Gasteiger partial charge in [-0.05, 0) is 35.8 Å². The smallest absolute Gasteiger partial charge is 0.133 e. The van der Waals surface area contributed by atoms with Gasteiger partial charge in [0.15, 0.2) is 0 Å². The highest BCUT2D eigenvalue weighted by molar-refractivity contribution is 6.77. The van der Waals surface area contributed by atoms with E-state index >= 15 is 0 Å².